The molecular formula is C13H18N4O. The van der Waals surface area contributed by atoms with Crippen molar-refractivity contribution in [2.24, 2.45) is 0 Å². The van der Waals surface area contributed by atoms with E-state index >= 15 is 0 Å². The maximum Gasteiger partial charge on any atom is 0.137 e. The Kier molecular flexibility index (Phi) is 3.94. The average molecular weight is 246 g/mol. The number of rotatable bonds is 5. The van der Waals surface area contributed by atoms with Gasteiger partial charge >= 0.3 is 0 Å². The van der Waals surface area contributed by atoms with Crippen molar-refractivity contribution in [3.63, 3.8) is 0 Å². The summed E-state index contributed by atoms with van der Waals surface area (Å²) < 4.78 is 5.47. The zero-order valence-corrected chi connectivity index (χ0v) is 10.7. The molecule has 0 aliphatic carbocycles. The molecule has 0 bridgehead atoms. The van der Waals surface area contributed by atoms with Crippen LogP contribution >= 0.6 is 0 Å². The second kappa shape index (κ2) is 5.64. The van der Waals surface area contributed by atoms with E-state index < -0.39 is 0 Å². The number of ether oxygens (including phenoxy) is 1. The molecule has 0 saturated carbocycles. The van der Waals surface area contributed by atoms with Crippen LogP contribution in [0.25, 0.3) is 10.9 Å². The molecule has 0 spiro atoms. The van der Waals surface area contributed by atoms with Gasteiger partial charge in [-0.2, -0.15) is 0 Å². The van der Waals surface area contributed by atoms with Gasteiger partial charge in [-0.25, -0.2) is 9.97 Å². The van der Waals surface area contributed by atoms with Gasteiger partial charge in [0, 0.05) is 24.2 Å². The van der Waals surface area contributed by atoms with Crippen molar-refractivity contribution < 1.29 is 4.74 Å². The van der Waals surface area contributed by atoms with E-state index in [4.69, 9.17) is 10.5 Å². The van der Waals surface area contributed by atoms with Crippen LogP contribution < -0.4 is 11.1 Å². The fourth-order valence-corrected chi connectivity index (χ4v) is 1.80. The predicted octanol–water partition coefficient (Wildman–Crippen LogP) is 2.05. The molecule has 1 unspecified atom stereocenters. The normalized spacial score (nSPS) is 12.6. The Bertz CT molecular complexity index is 529. The molecule has 0 radical (unpaired) electrons. The van der Waals surface area contributed by atoms with E-state index in [2.05, 4.69) is 15.3 Å². The number of aromatic nitrogens is 2. The third-order valence-corrected chi connectivity index (χ3v) is 2.67. The number of hydrogen-bond donors (Lipinski definition) is 2. The smallest absolute Gasteiger partial charge is 0.137 e. The zero-order valence-electron chi connectivity index (χ0n) is 10.7. The Morgan fingerprint density at radius 3 is 3.00 bits per heavy atom. The zero-order chi connectivity index (χ0) is 13.0. The summed E-state index contributed by atoms with van der Waals surface area (Å²) in [6.07, 6.45) is 1.69. The first-order valence-electron chi connectivity index (χ1n) is 6.06. The third kappa shape index (κ3) is 2.87. The van der Waals surface area contributed by atoms with Crippen molar-refractivity contribution in [2.75, 3.05) is 24.2 Å². The third-order valence-electron chi connectivity index (χ3n) is 2.67. The molecule has 3 N–H and O–H groups in total. The highest BCUT2D eigenvalue weighted by Crippen LogP contribution is 2.21. The Hall–Kier alpha value is -1.88. The standard InChI is InChI=1S/C13H18N4O/c1-3-18-9(2)7-15-13-11-6-10(14)4-5-12(11)16-8-17-13/h4-6,8-9H,3,7,14H2,1-2H3,(H,15,16,17). The molecule has 0 saturated heterocycles. The number of fused-ring (bicyclic) bond motifs is 1. The minimum atomic E-state index is 0.140. The van der Waals surface area contributed by atoms with Crippen LogP contribution in [0.4, 0.5) is 11.5 Å². The number of benzene rings is 1. The van der Waals surface area contributed by atoms with Gasteiger partial charge in [0.05, 0.1) is 11.6 Å². The minimum Gasteiger partial charge on any atom is -0.399 e. The summed E-state index contributed by atoms with van der Waals surface area (Å²) in [5, 5.41) is 4.20. The van der Waals surface area contributed by atoms with Crippen LogP contribution in [-0.2, 0) is 4.74 Å². The second-order valence-electron chi connectivity index (χ2n) is 4.15. The van der Waals surface area contributed by atoms with Gasteiger partial charge in [-0.3, -0.25) is 0 Å². The monoisotopic (exact) mass is 246 g/mol. The number of nitrogens with two attached hydrogens (primary N) is 1. The van der Waals surface area contributed by atoms with Gasteiger partial charge in [-0.15, -0.1) is 0 Å². The fourth-order valence-electron chi connectivity index (χ4n) is 1.80. The number of hydrogen-bond acceptors (Lipinski definition) is 5. The number of anilines is 2. The minimum absolute atomic E-state index is 0.140. The maximum atomic E-state index is 5.79. The van der Waals surface area contributed by atoms with Crippen molar-refractivity contribution >= 4 is 22.4 Å². The Morgan fingerprint density at radius 1 is 1.39 bits per heavy atom. The average Bonchev–Trinajstić information content (AvgIpc) is 2.36. The van der Waals surface area contributed by atoms with E-state index in [0.29, 0.717) is 18.8 Å². The molecule has 0 aliphatic heterocycles. The van der Waals surface area contributed by atoms with E-state index in [1.807, 2.05) is 32.0 Å². The van der Waals surface area contributed by atoms with Crippen molar-refractivity contribution in [2.45, 2.75) is 20.0 Å². The molecule has 0 aliphatic rings. The van der Waals surface area contributed by atoms with Crippen molar-refractivity contribution in [3.05, 3.63) is 24.5 Å². The molecule has 5 heteroatoms. The quantitative estimate of drug-likeness (QED) is 0.790. The topological polar surface area (TPSA) is 73.1 Å². The highest BCUT2D eigenvalue weighted by molar-refractivity contribution is 5.91. The van der Waals surface area contributed by atoms with E-state index in [0.717, 1.165) is 16.7 Å². The molecular weight excluding hydrogens is 228 g/mol. The molecule has 1 heterocycles. The first-order valence-corrected chi connectivity index (χ1v) is 6.06. The first kappa shape index (κ1) is 12.6. The fraction of sp³-hybridized carbons (Fsp3) is 0.385. The first-order chi connectivity index (χ1) is 8.70. The van der Waals surface area contributed by atoms with E-state index in [-0.39, 0.29) is 6.10 Å². The van der Waals surface area contributed by atoms with Crippen LogP contribution in [0, 0.1) is 0 Å². The molecule has 5 nitrogen and oxygen atoms in total. The van der Waals surface area contributed by atoms with Crippen LogP contribution in [0.2, 0.25) is 0 Å². The van der Waals surface area contributed by atoms with Gasteiger partial charge in [0.1, 0.15) is 12.1 Å². The summed E-state index contributed by atoms with van der Waals surface area (Å²) in [7, 11) is 0. The van der Waals surface area contributed by atoms with Crippen LogP contribution in [-0.4, -0.2) is 29.2 Å². The highest BCUT2D eigenvalue weighted by Gasteiger charge is 2.06. The molecule has 1 atom stereocenters. The lowest BCUT2D eigenvalue weighted by atomic mass is 10.2. The SMILES string of the molecule is CCOC(C)CNc1ncnc2ccc(N)cc12. The summed E-state index contributed by atoms with van der Waals surface area (Å²) in [4.78, 5) is 8.46. The van der Waals surface area contributed by atoms with Crippen LogP contribution in [0.3, 0.4) is 0 Å². The Balaban J connectivity index is 2.19. The number of nitrogens with zero attached hydrogens (tertiary/aromatic N) is 2. The molecule has 1 aromatic heterocycles. The van der Waals surface area contributed by atoms with Crippen molar-refractivity contribution in [1.82, 2.24) is 9.97 Å². The molecule has 0 amide bonds. The molecule has 18 heavy (non-hydrogen) atoms. The lowest BCUT2D eigenvalue weighted by molar-refractivity contribution is 0.0855. The summed E-state index contributed by atoms with van der Waals surface area (Å²) in [6.45, 7) is 5.42. The summed E-state index contributed by atoms with van der Waals surface area (Å²) >= 11 is 0. The van der Waals surface area contributed by atoms with Crippen LogP contribution in [0.5, 0.6) is 0 Å². The Morgan fingerprint density at radius 2 is 2.22 bits per heavy atom. The summed E-state index contributed by atoms with van der Waals surface area (Å²) in [5.74, 6) is 0.791. The highest BCUT2D eigenvalue weighted by atomic mass is 16.5. The molecule has 1 aromatic carbocycles. The second-order valence-corrected chi connectivity index (χ2v) is 4.15. The van der Waals surface area contributed by atoms with Crippen LogP contribution in [0.1, 0.15) is 13.8 Å². The van der Waals surface area contributed by atoms with Crippen LogP contribution in [0.15, 0.2) is 24.5 Å². The number of nitrogen functional groups attached to an aromatic ring is 1. The Labute approximate surface area is 106 Å². The lowest BCUT2D eigenvalue weighted by Crippen LogP contribution is -2.20. The van der Waals surface area contributed by atoms with Gasteiger partial charge in [-0.1, -0.05) is 0 Å². The summed E-state index contributed by atoms with van der Waals surface area (Å²) in [6, 6.07) is 5.61. The number of nitrogens with one attached hydrogen (secondary N) is 1. The van der Waals surface area contributed by atoms with Gasteiger partial charge in [0.25, 0.3) is 0 Å². The molecule has 2 aromatic rings. The van der Waals surface area contributed by atoms with E-state index in [1.165, 1.54) is 0 Å². The largest absolute Gasteiger partial charge is 0.399 e. The van der Waals surface area contributed by atoms with Gasteiger partial charge in [-0.05, 0) is 32.0 Å². The van der Waals surface area contributed by atoms with Crippen molar-refractivity contribution in [1.29, 1.82) is 0 Å². The van der Waals surface area contributed by atoms with E-state index in [1.54, 1.807) is 6.33 Å². The van der Waals surface area contributed by atoms with Gasteiger partial charge in [0.15, 0.2) is 0 Å². The summed E-state index contributed by atoms with van der Waals surface area (Å²) in [5.41, 5.74) is 7.38. The van der Waals surface area contributed by atoms with Gasteiger partial charge in [0.2, 0.25) is 0 Å². The molecule has 0 fully saturated rings. The molecule has 2 rings (SSSR count). The van der Waals surface area contributed by atoms with Crippen molar-refractivity contribution in [3.8, 4) is 0 Å². The predicted molar refractivity (Wildman–Crippen MR) is 73.5 cm³/mol. The van der Waals surface area contributed by atoms with Gasteiger partial charge < -0.3 is 15.8 Å². The maximum absolute atomic E-state index is 5.79. The lowest BCUT2D eigenvalue weighted by Gasteiger charge is -2.14. The molecule has 96 valence electrons. The van der Waals surface area contributed by atoms with E-state index in [9.17, 15) is 0 Å².